The Kier molecular flexibility index (Phi) is 6.79. The summed E-state index contributed by atoms with van der Waals surface area (Å²) >= 11 is 0. The van der Waals surface area contributed by atoms with Gasteiger partial charge in [0.25, 0.3) is 0 Å². The van der Waals surface area contributed by atoms with E-state index in [4.69, 9.17) is 0 Å². The minimum absolute atomic E-state index is 0.385. The Morgan fingerprint density at radius 2 is 1.85 bits per heavy atom. The summed E-state index contributed by atoms with van der Waals surface area (Å²) in [5, 5.41) is 13.2. The Bertz CT molecular complexity index is 264. The molecule has 2 fully saturated rings. The molecule has 0 radical (unpaired) electrons. The summed E-state index contributed by atoms with van der Waals surface area (Å²) in [4.78, 5) is 2.61. The molecule has 118 valence electrons. The number of hydrogen-bond donors (Lipinski definition) is 2. The van der Waals surface area contributed by atoms with Gasteiger partial charge in [-0.3, -0.25) is 0 Å². The van der Waals surface area contributed by atoms with Crippen LogP contribution in [0.1, 0.15) is 52.4 Å². The van der Waals surface area contributed by atoms with Gasteiger partial charge in [0.15, 0.2) is 0 Å². The number of piperidine rings is 1. The summed E-state index contributed by atoms with van der Waals surface area (Å²) in [5.41, 5.74) is 0. The van der Waals surface area contributed by atoms with Crippen molar-refractivity contribution in [2.45, 2.75) is 58.4 Å². The standard InChI is InChI=1S/C17H34N2O/c1-3-9-19-10-7-15(8-11-19)14(2)18-12-16-5-4-6-17(16)13-20/h14-18,20H,3-13H2,1-2H3. The van der Waals surface area contributed by atoms with Crippen molar-refractivity contribution in [2.75, 3.05) is 32.8 Å². The number of rotatable bonds is 7. The maximum atomic E-state index is 9.40. The molecule has 1 saturated heterocycles. The van der Waals surface area contributed by atoms with Crippen LogP contribution in [0.2, 0.25) is 0 Å². The highest BCUT2D eigenvalue weighted by molar-refractivity contribution is 4.83. The van der Waals surface area contributed by atoms with Crippen LogP contribution in [0.5, 0.6) is 0 Å². The van der Waals surface area contributed by atoms with E-state index in [9.17, 15) is 5.11 Å². The van der Waals surface area contributed by atoms with E-state index in [1.807, 2.05) is 0 Å². The molecule has 0 aromatic heterocycles. The van der Waals surface area contributed by atoms with Crippen LogP contribution in [0.4, 0.5) is 0 Å². The van der Waals surface area contributed by atoms with Crippen LogP contribution in [0.3, 0.4) is 0 Å². The van der Waals surface area contributed by atoms with Crippen molar-refractivity contribution in [3.8, 4) is 0 Å². The quantitative estimate of drug-likeness (QED) is 0.753. The Morgan fingerprint density at radius 3 is 2.50 bits per heavy atom. The topological polar surface area (TPSA) is 35.5 Å². The van der Waals surface area contributed by atoms with Crippen LogP contribution < -0.4 is 5.32 Å². The van der Waals surface area contributed by atoms with Crippen LogP contribution in [0.15, 0.2) is 0 Å². The second-order valence-electron chi connectivity index (χ2n) is 7.01. The molecule has 3 nitrogen and oxygen atoms in total. The zero-order valence-corrected chi connectivity index (χ0v) is 13.5. The molecule has 3 atom stereocenters. The molecular formula is C17H34N2O. The van der Waals surface area contributed by atoms with E-state index in [-0.39, 0.29) is 0 Å². The molecule has 1 aliphatic heterocycles. The predicted molar refractivity (Wildman–Crippen MR) is 84.8 cm³/mol. The number of hydrogen-bond acceptors (Lipinski definition) is 3. The lowest BCUT2D eigenvalue weighted by Crippen LogP contribution is -2.43. The third kappa shape index (κ3) is 4.44. The molecular weight excluding hydrogens is 248 g/mol. The molecule has 0 bridgehead atoms. The molecule has 3 heteroatoms. The van der Waals surface area contributed by atoms with E-state index < -0.39 is 0 Å². The van der Waals surface area contributed by atoms with Gasteiger partial charge in [-0.2, -0.15) is 0 Å². The number of nitrogens with one attached hydrogen (secondary N) is 1. The van der Waals surface area contributed by atoms with Gasteiger partial charge in [-0.05, 0) is 83.0 Å². The molecule has 1 aliphatic carbocycles. The fourth-order valence-corrected chi connectivity index (χ4v) is 4.12. The summed E-state index contributed by atoms with van der Waals surface area (Å²) in [5.74, 6) is 2.11. The summed E-state index contributed by atoms with van der Waals surface area (Å²) in [6.07, 6.45) is 7.82. The fourth-order valence-electron chi connectivity index (χ4n) is 4.12. The Labute approximate surface area is 125 Å². The SMILES string of the molecule is CCCN1CCC(C(C)NCC2CCCC2CO)CC1. The van der Waals surface area contributed by atoms with Crippen LogP contribution >= 0.6 is 0 Å². The van der Waals surface area contributed by atoms with Gasteiger partial charge in [0.1, 0.15) is 0 Å². The second kappa shape index (κ2) is 8.35. The van der Waals surface area contributed by atoms with Crippen molar-refractivity contribution in [1.82, 2.24) is 10.2 Å². The number of aliphatic hydroxyl groups excluding tert-OH is 1. The maximum absolute atomic E-state index is 9.40. The number of nitrogens with zero attached hydrogens (tertiary/aromatic N) is 1. The molecule has 0 amide bonds. The van der Waals surface area contributed by atoms with Crippen LogP contribution in [-0.4, -0.2) is 48.8 Å². The second-order valence-corrected chi connectivity index (χ2v) is 7.01. The normalized spacial score (nSPS) is 30.8. The Hall–Kier alpha value is -0.120. The van der Waals surface area contributed by atoms with Crippen LogP contribution in [-0.2, 0) is 0 Å². The Morgan fingerprint density at radius 1 is 1.15 bits per heavy atom. The lowest BCUT2D eigenvalue weighted by molar-refractivity contribution is 0.154. The summed E-state index contributed by atoms with van der Waals surface area (Å²) < 4.78 is 0. The lowest BCUT2D eigenvalue weighted by Gasteiger charge is -2.35. The van der Waals surface area contributed by atoms with E-state index in [0.717, 1.165) is 12.5 Å². The minimum Gasteiger partial charge on any atom is -0.396 e. The van der Waals surface area contributed by atoms with Crippen molar-refractivity contribution in [2.24, 2.45) is 17.8 Å². The van der Waals surface area contributed by atoms with Gasteiger partial charge in [0, 0.05) is 12.6 Å². The molecule has 1 heterocycles. The molecule has 2 rings (SSSR count). The van der Waals surface area contributed by atoms with E-state index >= 15 is 0 Å². The summed E-state index contributed by atoms with van der Waals surface area (Å²) in [7, 11) is 0. The average Bonchev–Trinajstić information content (AvgIpc) is 2.93. The van der Waals surface area contributed by atoms with E-state index in [1.54, 1.807) is 0 Å². The predicted octanol–water partition coefficient (Wildman–Crippen LogP) is 2.50. The zero-order chi connectivity index (χ0) is 14.4. The lowest BCUT2D eigenvalue weighted by atomic mass is 9.89. The van der Waals surface area contributed by atoms with Crippen molar-refractivity contribution in [3.63, 3.8) is 0 Å². The molecule has 1 saturated carbocycles. The highest BCUT2D eigenvalue weighted by Gasteiger charge is 2.28. The van der Waals surface area contributed by atoms with Crippen LogP contribution in [0, 0.1) is 17.8 Å². The average molecular weight is 282 g/mol. The van der Waals surface area contributed by atoms with E-state index in [1.165, 1.54) is 58.2 Å². The first-order valence-corrected chi connectivity index (χ1v) is 8.81. The smallest absolute Gasteiger partial charge is 0.0462 e. The van der Waals surface area contributed by atoms with Gasteiger partial charge in [0.05, 0.1) is 0 Å². The van der Waals surface area contributed by atoms with Crippen molar-refractivity contribution < 1.29 is 5.11 Å². The van der Waals surface area contributed by atoms with Crippen LogP contribution in [0.25, 0.3) is 0 Å². The number of aliphatic hydroxyl groups is 1. The largest absolute Gasteiger partial charge is 0.396 e. The molecule has 20 heavy (non-hydrogen) atoms. The first kappa shape index (κ1) is 16.3. The summed E-state index contributed by atoms with van der Waals surface area (Å²) in [6, 6.07) is 0.638. The van der Waals surface area contributed by atoms with Gasteiger partial charge < -0.3 is 15.3 Å². The zero-order valence-electron chi connectivity index (χ0n) is 13.5. The molecule has 3 unspecified atom stereocenters. The van der Waals surface area contributed by atoms with Crippen molar-refractivity contribution in [1.29, 1.82) is 0 Å². The van der Waals surface area contributed by atoms with Gasteiger partial charge in [-0.25, -0.2) is 0 Å². The molecule has 0 spiro atoms. The monoisotopic (exact) mass is 282 g/mol. The maximum Gasteiger partial charge on any atom is 0.0462 e. The molecule has 2 aliphatic rings. The number of likely N-dealkylation sites (tertiary alicyclic amines) is 1. The van der Waals surface area contributed by atoms with Crippen molar-refractivity contribution >= 4 is 0 Å². The van der Waals surface area contributed by atoms with Crippen molar-refractivity contribution in [3.05, 3.63) is 0 Å². The highest BCUT2D eigenvalue weighted by atomic mass is 16.3. The highest BCUT2D eigenvalue weighted by Crippen LogP contribution is 2.31. The summed E-state index contributed by atoms with van der Waals surface area (Å²) in [6.45, 7) is 9.98. The van der Waals surface area contributed by atoms with Gasteiger partial charge in [-0.1, -0.05) is 13.3 Å². The third-order valence-electron chi connectivity index (χ3n) is 5.63. The first-order valence-electron chi connectivity index (χ1n) is 8.81. The first-order chi connectivity index (χ1) is 9.74. The van der Waals surface area contributed by atoms with Gasteiger partial charge >= 0.3 is 0 Å². The minimum atomic E-state index is 0.385. The Balaban J connectivity index is 1.66. The molecule has 0 aromatic carbocycles. The fraction of sp³-hybridized carbons (Fsp3) is 1.00. The molecule has 0 aromatic rings. The van der Waals surface area contributed by atoms with Gasteiger partial charge in [0.2, 0.25) is 0 Å². The van der Waals surface area contributed by atoms with E-state index in [0.29, 0.717) is 24.5 Å². The molecule has 2 N–H and O–H groups in total. The third-order valence-corrected chi connectivity index (χ3v) is 5.63. The van der Waals surface area contributed by atoms with E-state index in [2.05, 4.69) is 24.1 Å². The van der Waals surface area contributed by atoms with Gasteiger partial charge in [-0.15, -0.1) is 0 Å².